The van der Waals surface area contributed by atoms with Crippen LogP contribution >= 0.6 is 0 Å². The van der Waals surface area contributed by atoms with Crippen molar-refractivity contribution in [3.63, 3.8) is 0 Å². The Labute approximate surface area is 128 Å². The van der Waals surface area contributed by atoms with Crippen molar-refractivity contribution in [1.82, 2.24) is 20.1 Å². The fraction of sp³-hybridized carbons (Fsp3) is 0.812. The number of nitrogens with zero attached hydrogens (tertiary/aromatic N) is 3. The Balaban J connectivity index is 2.23. The summed E-state index contributed by atoms with van der Waals surface area (Å²) in [4.78, 5) is 2.59. The van der Waals surface area contributed by atoms with Crippen LogP contribution < -0.4 is 11.3 Å². The molecule has 1 aliphatic heterocycles. The lowest BCUT2D eigenvalue weighted by Gasteiger charge is -2.43. The van der Waals surface area contributed by atoms with Crippen molar-refractivity contribution in [3.8, 4) is 0 Å². The van der Waals surface area contributed by atoms with Gasteiger partial charge in [0.2, 0.25) is 0 Å². The van der Waals surface area contributed by atoms with Gasteiger partial charge in [-0.3, -0.25) is 15.4 Å². The molecule has 5 nitrogen and oxygen atoms in total. The molecule has 1 saturated heterocycles. The summed E-state index contributed by atoms with van der Waals surface area (Å²) in [5.74, 6) is 5.94. The summed E-state index contributed by atoms with van der Waals surface area (Å²) in [6, 6.07) is 2.18. The summed E-state index contributed by atoms with van der Waals surface area (Å²) >= 11 is 0. The van der Waals surface area contributed by atoms with Crippen LogP contribution in [-0.4, -0.2) is 33.3 Å². The monoisotopic (exact) mass is 293 g/mol. The van der Waals surface area contributed by atoms with Crippen LogP contribution in [0.1, 0.15) is 64.6 Å². The van der Waals surface area contributed by atoms with Crippen LogP contribution in [0, 0.1) is 0 Å². The average Bonchev–Trinajstić information content (AvgIpc) is 2.74. The first kappa shape index (κ1) is 16.5. The first-order valence-corrected chi connectivity index (χ1v) is 8.34. The molecule has 1 fully saturated rings. The molecule has 3 N–H and O–H groups in total. The third-order valence-electron chi connectivity index (χ3n) is 4.77. The fourth-order valence-electron chi connectivity index (χ4n) is 3.47. The standard InChI is InChI=1S/C16H31N5/c1-4-11-21-14(9-10-18-21)15(19-17)16(2,3)20-12-7-5-6-8-13-20/h9-10,15,19H,4-8,11-13,17H2,1-3H3. The molecular weight excluding hydrogens is 262 g/mol. The van der Waals surface area contributed by atoms with Crippen LogP contribution in [0.2, 0.25) is 0 Å². The summed E-state index contributed by atoms with van der Waals surface area (Å²) < 4.78 is 2.09. The lowest BCUT2D eigenvalue weighted by atomic mass is 9.89. The van der Waals surface area contributed by atoms with Crippen LogP contribution in [0.15, 0.2) is 12.3 Å². The molecule has 0 aromatic carbocycles. The van der Waals surface area contributed by atoms with Crippen molar-refractivity contribution in [1.29, 1.82) is 0 Å². The van der Waals surface area contributed by atoms with Crippen LogP contribution in [-0.2, 0) is 6.54 Å². The van der Waals surface area contributed by atoms with Crippen molar-refractivity contribution in [2.45, 2.75) is 71.0 Å². The highest BCUT2D eigenvalue weighted by atomic mass is 15.3. The summed E-state index contributed by atoms with van der Waals surface area (Å²) in [6.07, 6.45) is 8.23. The van der Waals surface area contributed by atoms with Gasteiger partial charge in [-0.05, 0) is 52.3 Å². The van der Waals surface area contributed by atoms with E-state index in [0.717, 1.165) is 26.1 Å². The van der Waals surface area contributed by atoms with Crippen LogP contribution in [0.4, 0.5) is 0 Å². The number of rotatable bonds is 6. The normalized spacial score (nSPS) is 19.4. The minimum absolute atomic E-state index is 0.0232. The van der Waals surface area contributed by atoms with Gasteiger partial charge in [-0.25, -0.2) is 5.43 Å². The van der Waals surface area contributed by atoms with E-state index >= 15 is 0 Å². The largest absolute Gasteiger partial charge is 0.296 e. The number of hydrazine groups is 1. The van der Waals surface area contributed by atoms with E-state index < -0.39 is 0 Å². The molecule has 0 bridgehead atoms. The lowest BCUT2D eigenvalue weighted by molar-refractivity contribution is 0.0798. The van der Waals surface area contributed by atoms with E-state index in [1.807, 2.05) is 6.20 Å². The molecular formula is C16H31N5. The molecule has 0 aliphatic carbocycles. The number of likely N-dealkylation sites (tertiary alicyclic amines) is 1. The lowest BCUT2D eigenvalue weighted by Crippen LogP contribution is -2.55. The Hall–Kier alpha value is -0.910. The molecule has 1 unspecified atom stereocenters. The van der Waals surface area contributed by atoms with Gasteiger partial charge in [0.25, 0.3) is 0 Å². The van der Waals surface area contributed by atoms with Crippen molar-refractivity contribution < 1.29 is 0 Å². The topological polar surface area (TPSA) is 59.1 Å². The van der Waals surface area contributed by atoms with Crippen molar-refractivity contribution in [2.75, 3.05) is 13.1 Å². The SMILES string of the molecule is CCCn1nccc1C(NN)C(C)(C)N1CCCCCC1. The maximum Gasteiger partial charge on any atom is 0.0807 e. The number of nitrogens with one attached hydrogen (secondary N) is 1. The van der Waals surface area contributed by atoms with Gasteiger partial charge in [-0.2, -0.15) is 5.10 Å². The van der Waals surface area contributed by atoms with Gasteiger partial charge in [0.15, 0.2) is 0 Å². The number of hydrogen-bond acceptors (Lipinski definition) is 4. The summed E-state index contributed by atoms with van der Waals surface area (Å²) in [5.41, 5.74) is 4.22. The Morgan fingerprint density at radius 3 is 2.52 bits per heavy atom. The van der Waals surface area contributed by atoms with E-state index in [-0.39, 0.29) is 11.6 Å². The average molecular weight is 293 g/mol. The maximum atomic E-state index is 5.94. The number of aromatic nitrogens is 2. The molecule has 0 saturated carbocycles. The van der Waals surface area contributed by atoms with Gasteiger partial charge in [-0.1, -0.05) is 19.8 Å². The number of nitrogens with two attached hydrogens (primary N) is 1. The van der Waals surface area contributed by atoms with E-state index in [1.54, 1.807) is 0 Å². The van der Waals surface area contributed by atoms with E-state index in [2.05, 4.69) is 46.9 Å². The summed E-state index contributed by atoms with van der Waals surface area (Å²) in [7, 11) is 0. The fourth-order valence-corrected chi connectivity index (χ4v) is 3.47. The number of aryl methyl sites for hydroxylation is 1. The second kappa shape index (κ2) is 7.38. The highest BCUT2D eigenvalue weighted by molar-refractivity contribution is 5.13. The maximum absolute atomic E-state index is 5.94. The second-order valence-corrected chi connectivity index (χ2v) is 6.63. The molecule has 1 aromatic heterocycles. The molecule has 5 heteroatoms. The Morgan fingerprint density at radius 2 is 1.95 bits per heavy atom. The zero-order chi connectivity index (χ0) is 15.3. The summed E-state index contributed by atoms with van der Waals surface area (Å²) in [6.45, 7) is 10.0. The molecule has 2 rings (SSSR count). The minimum Gasteiger partial charge on any atom is -0.296 e. The first-order chi connectivity index (χ1) is 10.1. The summed E-state index contributed by atoms with van der Waals surface area (Å²) in [5, 5.41) is 4.45. The zero-order valence-corrected chi connectivity index (χ0v) is 13.8. The molecule has 1 atom stereocenters. The van der Waals surface area contributed by atoms with Gasteiger partial charge in [-0.15, -0.1) is 0 Å². The van der Waals surface area contributed by atoms with Gasteiger partial charge >= 0.3 is 0 Å². The Kier molecular flexibility index (Phi) is 5.79. The van der Waals surface area contributed by atoms with Crippen molar-refractivity contribution in [2.24, 2.45) is 5.84 Å². The zero-order valence-electron chi connectivity index (χ0n) is 13.8. The van der Waals surface area contributed by atoms with Gasteiger partial charge in [0.05, 0.1) is 11.7 Å². The second-order valence-electron chi connectivity index (χ2n) is 6.63. The minimum atomic E-state index is -0.0232. The molecule has 0 spiro atoms. The number of hydrogen-bond donors (Lipinski definition) is 2. The van der Waals surface area contributed by atoms with Gasteiger partial charge < -0.3 is 0 Å². The first-order valence-electron chi connectivity index (χ1n) is 8.34. The predicted molar refractivity (Wildman–Crippen MR) is 86.7 cm³/mol. The molecule has 21 heavy (non-hydrogen) atoms. The molecule has 2 heterocycles. The van der Waals surface area contributed by atoms with Crippen molar-refractivity contribution in [3.05, 3.63) is 18.0 Å². The smallest absolute Gasteiger partial charge is 0.0807 e. The molecule has 120 valence electrons. The van der Waals surface area contributed by atoms with Crippen LogP contribution in [0.5, 0.6) is 0 Å². The highest BCUT2D eigenvalue weighted by Gasteiger charge is 2.37. The van der Waals surface area contributed by atoms with Gasteiger partial charge in [0, 0.05) is 18.3 Å². The molecule has 1 aliphatic rings. The van der Waals surface area contributed by atoms with E-state index in [9.17, 15) is 0 Å². The quantitative estimate of drug-likeness (QED) is 0.625. The van der Waals surface area contributed by atoms with E-state index in [1.165, 1.54) is 31.4 Å². The van der Waals surface area contributed by atoms with Crippen LogP contribution in [0.3, 0.4) is 0 Å². The highest BCUT2D eigenvalue weighted by Crippen LogP contribution is 2.32. The third-order valence-corrected chi connectivity index (χ3v) is 4.77. The molecule has 0 amide bonds. The van der Waals surface area contributed by atoms with E-state index in [4.69, 9.17) is 5.84 Å². The predicted octanol–water partition coefficient (Wildman–Crippen LogP) is 2.45. The van der Waals surface area contributed by atoms with Crippen molar-refractivity contribution >= 4 is 0 Å². The Bertz CT molecular complexity index is 418. The molecule has 0 radical (unpaired) electrons. The van der Waals surface area contributed by atoms with Gasteiger partial charge in [0.1, 0.15) is 0 Å². The Morgan fingerprint density at radius 1 is 1.29 bits per heavy atom. The van der Waals surface area contributed by atoms with E-state index in [0.29, 0.717) is 0 Å². The molecule has 1 aromatic rings. The third kappa shape index (κ3) is 3.65. The van der Waals surface area contributed by atoms with Crippen LogP contribution in [0.25, 0.3) is 0 Å².